The van der Waals surface area contributed by atoms with Crippen molar-refractivity contribution in [3.05, 3.63) is 24.1 Å². The van der Waals surface area contributed by atoms with Gasteiger partial charge in [-0.05, 0) is 6.07 Å². The van der Waals surface area contributed by atoms with Gasteiger partial charge >= 0.3 is 0 Å². The average Bonchev–Trinajstić information content (AvgIpc) is 1.97. The molecule has 1 fully saturated rings. The van der Waals surface area contributed by atoms with Gasteiger partial charge in [0.05, 0.1) is 0 Å². The molecule has 1 aliphatic heterocycles. The van der Waals surface area contributed by atoms with Crippen molar-refractivity contribution in [3.8, 4) is 5.88 Å². The summed E-state index contributed by atoms with van der Waals surface area (Å²) < 4.78 is 17.9. The summed E-state index contributed by atoms with van der Waals surface area (Å²) in [4.78, 5) is 3.87. The Morgan fingerprint density at radius 1 is 1.58 bits per heavy atom. The zero-order valence-electron chi connectivity index (χ0n) is 6.46. The average molecular weight is 168 g/mol. The van der Waals surface area contributed by atoms with Gasteiger partial charge in [-0.2, -0.15) is 0 Å². The van der Waals surface area contributed by atoms with Crippen LogP contribution in [0.4, 0.5) is 4.39 Å². The first kappa shape index (κ1) is 7.49. The summed E-state index contributed by atoms with van der Waals surface area (Å²) in [6.45, 7) is 1.64. The molecule has 3 nitrogen and oxygen atoms in total. The minimum absolute atomic E-state index is 0.152. The Morgan fingerprint density at radius 2 is 2.42 bits per heavy atom. The highest BCUT2D eigenvalue weighted by molar-refractivity contribution is 5.12. The largest absolute Gasteiger partial charge is 0.472 e. The number of rotatable bonds is 2. The lowest BCUT2D eigenvalue weighted by Gasteiger charge is -2.27. The van der Waals surface area contributed by atoms with Gasteiger partial charge in [0.25, 0.3) is 0 Å². The van der Waals surface area contributed by atoms with Gasteiger partial charge in [-0.25, -0.2) is 9.37 Å². The molecule has 0 bridgehead atoms. The molecular weight excluding hydrogens is 159 g/mol. The van der Waals surface area contributed by atoms with Crippen LogP contribution in [-0.4, -0.2) is 24.2 Å². The molecule has 0 radical (unpaired) electrons. The molecule has 64 valence electrons. The van der Waals surface area contributed by atoms with Gasteiger partial charge in [-0.15, -0.1) is 0 Å². The van der Waals surface area contributed by atoms with Crippen molar-refractivity contribution in [2.75, 3.05) is 13.1 Å². The maximum absolute atomic E-state index is 12.6. The Bertz CT molecular complexity index is 276. The van der Waals surface area contributed by atoms with Crippen LogP contribution in [0.3, 0.4) is 0 Å². The Balaban J connectivity index is 2.02. The van der Waals surface area contributed by atoms with Crippen LogP contribution < -0.4 is 10.1 Å². The van der Waals surface area contributed by atoms with Crippen molar-refractivity contribution < 1.29 is 9.13 Å². The maximum atomic E-state index is 12.6. The second-order valence-corrected chi connectivity index (χ2v) is 2.71. The Kier molecular flexibility index (Phi) is 1.91. The van der Waals surface area contributed by atoms with Crippen LogP contribution in [0.1, 0.15) is 0 Å². The molecule has 0 atom stereocenters. The van der Waals surface area contributed by atoms with Crippen molar-refractivity contribution in [3.63, 3.8) is 0 Å². The Labute approximate surface area is 69.6 Å². The van der Waals surface area contributed by atoms with Crippen molar-refractivity contribution in [1.82, 2.24) is 10.3 Å². The van der Waals surface area contributed by atoms with E-state index in [1.165, 1.54) is 18.3 Å². The fourth-order valence-corrected chi connectivity index (χ4v) is 0.966. The monoisotopic (exact) mass is 168 g/mol. The third-order valence-corrected chi connectivity index (χ3v) is 1.73. The van der Waals surface area contributed by atoms with Crippen molar-refractivity contribution >= 4 is 0 Å². The lowest BCUT2D eigenvalue weighted by atomic mass is 10.2. The lowest BCUT2D eigenvalue weighted by Crippen LogP contribution is -2.50. The van der Waals surface area contributed by atoms with E-state index in [0.29, 0.717) is 5.88 Å². The summed E-state index contributed by atoms with van der Waals surface area (Å²) in [6, 6.07) is 2.59. The SMILES string of the molecule is Fc1ccnc(OC2CNC2)c1. The summed E-state index contributed by atoms with van der Waals surface area (Å²) in [7, 11) is 0. The van der Waals surface area contributed by atoms with Crippen LogP contribution in [0.15, 0.2) is 18.3 Å². The number of aromatic nitrogens is 1. The summed E-state index contributed by atoms with van der Waals surface area (Å²) >= 11 is 0. The third kappa shape index (κ3) is 1.53. The molecule has 0 aliphatic carbocycles. The molecule has 2 rings (SSSR count). The molecule has 0 spiro atoms. The summed E-state index contributed by atoms with van der Waals surface area (Å²) in [6.07, 6.45) is 1.55. The highest BCUT2D eigenvalue weighted by Gasteiger charge is 2.18. The number of nitrogens with zero attached hydrogens (tertiary/aromatic N) is 1. The zero-order chi connectivity index (χ0) is 8.39. The Hall–Kier alpha value is -1.16. The van der Waals surface area contributed by atoms with Gasteiger partial charge in [-0.3, -0.25) is 0 Å². The predicted octanol–water partition coefficient (Wildman–Crippen LogP) is 0.571. The molecular formula is C8H9FN2O. The minimum Gasteiger partial charge on any atom is -0.472 e. The van der Waals surface area contributed by atoms with E-state index in [4.69, 9.17) is 4.74 Å². The molecule has 4 heteroatoms. The van der Waals surface area contributed by atoms with E-state index in [1.807, 2.05) is 0 Å². The van der Waals surface area contributed by atoms with Crippen LogP contribution in [0.2, 0.25) is 0 Å². The van der Waals surface area contributed by atoms with Crippen LogP contribution in [0.5, 0.6) is 5.88 Å². The zero-order valence-corrected chi connectivity index (χ0v) is 6.46. The lowest BCUT2D eigenvalue weighted by molar-refractivity contribution is 0.135. The van der Waals surface area contributed by atoms with Gasteiger partial charge in [0.1, 0.15) is 11.9 Å². The molecule has 0 unspecified atom stereocenters. The van der Waals surface area contributed by atoms with Crippen LogP contribution >= 0.6 is 0 Å². The highest BCUT2D eigenvalue weighted by Crippen LogP contribution is 2.11. The molecule has 0 aromatic carbocycles. The fourth-order valence-electron chi connectivity index (χ4n) is 0.966. The van der Waals surface area contributed by atoms with Crippen molar-refractivity contribution in [2.45, 2.75) is 6.10 Å². The van der Waals surface area contributed by atoms with Crippen molar-refractivity contribution in [2.24, 2.45) is 0 Å². The maximum Gasteiger partial charge on any atom is 0.216 e. The van der Waals surface area contributed by atoms with E-state index in [0.717, 1.165) is 13.1 Å². The second kappa shape index (κ2) is 3.06. The molecule has 0 amide bonds. The van der Waals surface area contributed by atoms with Gasteiger partial charge in [-0.1, -0.05) is 0 Å². The van der Waals surface area contributed by atoms with E-state index in [2.05, 4.69) is 10.3 Å². The van der Waals surface area contributed by atoms with Crippen LogP contribution in [0.25, 0.3) is 0 Å². The minimum atomic E-state index is -0.313. The molecule has 1 saturated heterocycles. The van der Waals surface area contributed by atoms with E-state index in [9.17, 15) is 4.39 Å². The van der Waals surface area contributed by atoms with Gasteiger partial charge in [0, 0.05) is 25.4 Å². The second-order valence-electron chi connectivity index (χ2n) is 2.71. The van der Waals surface area contributed by atoms with E-state index in [-0.39, 0.29) is 11.9 Å². The number of hydrogen-bond acceptors (Lipinski definition) is 3. The number of halogens is 1. The Morgan fingerprint density at radius 3 is 3.00 bits per heavy atom. The third-order valence-electron chi connectivity index (χ3n) is 1.73. The van der Waals surface area contributed by atoms with E-state index >= 15 is 0 Å². The number of pyridine rings is 1. The van der Waals surface area contributed by atoms with Gasteiger partial charge in [0.15, 0.2) is 0 Å². The topological polar surface area (TPSA) is 34.1 Å². The van der Waals surface area contributed by atoms with E-state index in [1.54, 1.807) is 0 Å². The normalized spacial score (nSPS) is 17.1. The standard InChI is InChI=1S/C8H9FN2O/c9-6-1-2-11-8(3-6)12-7-4-10-5-7/h1-3,7,10H,4-5H2. The summed E-state index contributed by atoms with van der Waals surface area (Å²) in [5.41, 5.74) is 0. The molecule has 1 N–H and O–H groups in total. The van der Waals surface area contributed by atoms with Crippen LogP contribution in [-0.2, 0) is 0 Å². The molecule has 1 aliphatic rings. The van der Waals surface area contributed by atoms with Crippen LogP contribution in [0, 0.1) is 5.82 Å². The smallest absolute Gasteiger partial charge is 0.216 e. The highest BCUT2D eigenvalue weighted by atomic mass is 19.1. The van der Waals surface area contributed by atoms with Gasteiger partial charge < -0.3 is 10.1 Å². The first-order valence-electron chi connectivity index (χ1n) is 3.83. The number of ether oxygens (including phenoxy) is 1. The predicted molar refractivity (Wildman–Crippen MR) is 41.5 cm³/mol. The first-order chi connectivity index (χ1) is 5.84. The molecule has 2 heterocycles. The summed E-state index contributed by atoms with van der Waals surface area (Å²) in [5.74, 6) is 0.0498. The molecule has 1 aromatic heterocycles. The van der Waals surface area contributed by atoms with Gasteiger partial charge in [0.2, 0.25) is 5.88 Å². The fraction of sp³-hybridized carbons (Fsp3) is 0.375. The summed E-state index contributed by atoms with van der Waals surface area (Å²) in [5, 5.41) is 3.05. The van der Waals surface area contributed by atoms with Crippen molar-refractivity contribution in [1.29, 1.82) is 0 Å². The number of nitrogens with one attached hydrogen (secondary N) is 1. The molecule has 0 saturated carbocycles. The number of hydrogen-bond donors (Lipinski definition) is 1. The molecule has 12 heavy (non-hydrogen) atoms. The first-order valence-corrected chi connectivity index (χ1v) is 3.83. The van der Waals surface area contributed by atoms with E-state index < -0.39 is 0 Å². The quantitative estimate of drug-likeness (QED) is 0.701. The molecule has 1 aromatic rings.